The van der Waals surface area contributed by atoms with Gasteiger partial charge in [0.15, 0.2) is 5.13 Å². The third kappa shape index (κ3) is 5.29. The first kappa shape index (κ1) is 19.9. The Kier molecular flexibility index (Phi) is 6.36. The number of benzene rings is 1. The number of amides is 2. The fraction of sp³-hybridized carbons (Fsp3) is 0.353. The molecule has 1 aromatic heterocycles. The second kappa shape index (κ2) is 8.31. The third-order valence-electron chi connectivity index (χ3n) is 3.52. The lowest BCUT2D eigenvalue weighted by molar-refractivity contribution is -0.137. The van der Waals surface area contributed by atoms with Gasteiger partial charge in [0.25, 0.3) is 5.91 Å². The molecule has 2 N–H and O–H groups in total. The van der Waals surface area contributed by atoms with Crippen LogP contribution in [0.5, 0.6) is 0 Å². The van der Waals surface area contributed by atoms with E-state index in [1.807, 2.05) is 6.92 Å². The van der Waals surface area contributed by atoms with E-state index in [1.165, 1.54) is 18.4 Å². The van der Waals surface area contributed by atoms with Gasteiger partial charge in [0.1, 0.15) is 5.69 Å². The highest BCUT2D eigenvalue weighted by Gasteiger charge is 2.31. The second-order valence-electron chi connectivity index (χ2n) is 5.66. The number of nitrogens with one attached hydrogen (secondary N) is 2. The standard InChI is InChI=1S/C17H18F3N3O2S/c1-3-5-13(11-6-4-7-12(8-11)17(18,19)20)22-15(25)14-9-26-16(23-14)21-10(2)24/h4,6-9,13H,3,5H2,1-2H3,(H,22,25)(H,21,23,24). The van der Waals surface area contributed by atoms with Crippen molar-refractivity contribution in [3.8, 4) is 0 Å². The van der Waals surface area contributed by atoms with Crippen molar-refractivity contribution < 1.29 is 22.8 Å². The lowest BCUT2D eigenvalue weighted by Crippen LogP contribution is -2.29. The first-order valence-electron chi connectivity index (χ1n) is 7.91. The number of nitrogens with zero attached hydrogens (tertiary/aromatic N) is 1. The van der Waals surface area contributed by atoms with Crippen LogP contribution in [-0.4, -0.2) is 16.8 Å². The van der Waals surface area contributed by atoms with Crippen molar-refractivity contribution in [1.82, 2.24) is 10.3 Å². The summed E-state index contributed by atoms with van der Waals surface area (Å²) < 4.78 is 38.8. The molecule has 0 aliphatic rings. The minimum absolute atomic E-state index is 0.104. The Morgan fingerprint density at radius 3 is 2.65 bits per heavy atom. The van der Waals surface area contributed by atoms with Crippen molar-refractivity contribution >= 4 is 28.3 Å². The van der Waals surface area contributed by atoms with Crippen LogP contribution in [0.25, 0.3) is 0 Å². The maximum Gasteiger partial charge on any atom is 0.416 e. The molecule has 0 saturated carbocycles. The van der Waals surface area contributed by atoms with Crippen LogP contribution < -0.4 is 10.6 Å². The summed E-state index contributed by atoms with van der Waals surface area (Å²) in [5.74, 6) is -0.812. The van der Waals surface area contributed by atoms with Crippen LogP contribution in [0.1, 0.15) is 54.3 Å². The van der Waals surface area contributed by atoms with Crippen molar-refractivity contribution in [2.45, 2.75) is 38.9 Å². The van der Waals surface area contributed by atoms with Crippen molar-refractivity contribution in [3.05, 3.63) is 46.5 Å². The van der Waals surface area contributed by atoms with Crippen molar-refractivity contribution in [3.63, 3.8) is 0 Å². The van der Waals surface area contributed by atoms with Gasteiger partial charge in [0.05, 0.1) is 11.6 Å². The van der Waals surface area contributed by atoms with E-state index < -0.39 is 23.7 Å². The molecule has 0 bridgehead atoms. The van der Waals surface area contributed by atoms with Crippen molar-refractivity contribution in [2.24, 2.45) is 0 Å². The van der Waals surface area contributed by atoms with Gasteiger partial charge in [-0.25, -0.2) is 4.98 Å². The summed E-state index contributed by atoms with van der Waals surface area (Å²) in [5, 5.41) is 6.97. The van der Waals surface area contributed by atoms with Gasteiger partial charge in [-0.1, -0.05) is 25.5 Å². The highest BCUT2D eigenvalue weighted by atomic mass is 32.1. The molecule has 2 aromatic rings. The molecule has 2 amide bonds. The van der Waals surface area contributed by atoms with Gasteiger partial charge in [-0.05, 0) is 24.1 Å². The van der Waals surface area contributed by atoms with Gasteiger partial charge in [-0.3, -0.25) is 9.59 Å². The first-order chi connectivity index (χ1) is 12.2. The summed E-state index contributed by atoms with van der Waals surface area (Å²) in [6.07, 6.45) is -3.29. The zero-order valence-electron chi connectivity index (χ0n) is 14.2. The van der Waals surface area contributed by atoms with Crippen LogP contribution in [0, 0.1) is 0 Å². The number of aromatic nitrogens is 1. The number of thiazole rings is 1. The second-order valence-corrected chi connectivity index (χ2v) is 6.52. The molecule has 9 heteroatoms. The largest absolute Gasteiger partial charge is 0.416 e. The molecule has 0 fully saturated rings. The Labute approximate surface area is 152 Å². The molecule has 26 heavy (non-hydrogen) atoms. The summed E-state index contributed by atoms with van der Waals surface area (Å²) in [7, 11) is 0. The Balaban J connectivity index is 2.18. The Morgan fingerprint density at radius 2 is 2.04 bits per heavy atom. The molecular formula is C17H18F3N3O2S. The van der Waals surface area contributed by atoms with Gasteiger partial charge < -0.3 is 10.6 Å². The van der Waals surface area contributed by atoms with Gasteiger partial charge in [0.2, 0.25) is 5.91 Å². The molecule has 0 aliphatic carbocycles. The minimum atomic E-state index is -4.45. The lowest BCUT2D eigenvalue weighted by Gasteiger charge is -2.19. The van der Waals surface area contributed by atoms with E-state index in [2.05, 4.69) is 15.6 Å². The van der Waals surface area contributed by atoms with Gasteiger partial charge in [0, 0.05) is 12.3 Å². The summed E-state index contributed by atoms with van der Waals surface area (Å²) in [6, 6.07) is 4.35. The van der Waals surface area contributed by atoms with Gasteiger partial charge in [-0.2, -0.15) is 13.2 Å². The highest BCUT2D eigenvalue weighted by molar-refractivity contribution is 7.14. The van der Waals surface area contributed by atoms with E-state index in [-0.39, 0.29) is 16.7 Å². The van der Waals surface area contributed by atoms with E-state index in [0.29, 0.717) is 18.4 Å². The molecule has 1 aromatic carbocycles. The lowest BCUT2D eigenvalue weighted by atomic mass is 9.99. The fourth-order valence-electron chi connectivity index (χ4n) is 2.36. The van der Waals surface area contributed by atoms with Crippen LogP contribution in [-0.2, 0) is 11.0 Å². The van der Waals surface area contributed by atoms with E-state index in [4.69, 9.17) is 0 Å². The third-order valence-corrected chi connectivity index (χ3v) is 4.28. The topological polar surface area (TPSA) is 71.1 Å². The number of rotatable bonds is 6. The van der Waals surface area contributed by atoms with Gasteiger partial charge in [-0.15, -0.1) is 11.3 Å². The molecule has 0 aliphatic heterocycles. The minimum Gasteiger partial charge on any atom is -0.344 e. The maximum absolute atomic E-state index is 12.9. The molecule has 0 radical (unpaired) electrons. The molecule has 1 atom stereocenters. The normalized spacial score (nSPS) is 12.5. The van der Waals surface area contributed by atoms with E-state index in [1.54, 1.807) is 6.07 Å². The first-order valence-corrected chi connectivity index (χ1v) is 8.79. The molecule has 1 unspecified atom stereocenters. The van der Waals surface area contributed by atoms with Crippen LogP contribution in [0.15, 0.2) is 29.6 Å². The molecule has 5 nitrogen and oxygen atoms in total. The quantitative estimate of drug-likeness (QED) is 0.775. The monoisotopic (exact) mass is 385 g/mol. The number of halogens is 3. The molecule has 140 valence electrons. The number of hydrogen-bond donors (Lipinski definition) is 2. The Hall–Kier alpha value is -2.42. The Morgan fingerprint density at radius 1 is 1.31 bits per heavy atom. The molecule has 0 spiro atoms. The van der Waals surface area contributed by atoms with Crippen LogP contribution >= 0.6 is 11.3 Å². The fourth-order valence-corrected chi connectivity index (χ4v) is 3.10. The van der Waals surface area contributed by atoms with E-state index in [0.717, 1.165) is 23.5 Å². The predicted molar refractivity (Wildman–Crippen MR) is 93.0 cm³/mol. The number of anilines is 1. The van der Waals surface area contributed by atoms with Crippen molar-refractivity contribution in [1.29, 1.82) is 0 Å². The average Bonchev–Trinajstić information content (AvgIpc) is 3.01. The smallest absolute Gasteiger partial charge is 0.344 e. The van der Waals surface area contributed by atoms with E-state index >= 15 is 0 Å². The predicted octanol–water partition coefficient (Wildman–Crippen LogP) is 4.39. The zero-order valence-corrected chi connectivity index (χ0v) is 15.0. The molecule has 1 heterocycles. The van der Waals surface area contributed by atoms with Crippen molar-refractivity contribution in [2.75, 3.05) is 5.32 Å². The number of alkyl halides is 3. The summed E-state index contributed by atoms with van der Waals surface area (Å²) >= 11 is 1.10. The Bertz CT molecular complexity index is 790. The average molecular weight is 385 g/mol. The molecular weight excluding hydrogens is 367 g/mol. The van der Waals surface area contributed by atoms with Crippen LogP contribution in [0.3, 0.4) is 0 Å². The summed E-state index contributed by atoms with van der Waals surface area (Å²) in [4.78, 5) is 27.4. The van der Waals surface area contributed by atoms with Crippen LogP contribution in [0.2, 0.25) is 0 Å². The number of carbonyl (C=O) groups excluding carboxylic acids is 2. The molecule has 0 saturated heterocycles. The number of hydrogen-bond acceptors (Lipinski definition) is 4. The maximum atomic E-state index is 12.9. The summed E-state index contributed by atoms with van der Waals surface area (Å²) in [6.45, 7) is 3.20. The van der Waals surface area contributed by atoms with Gasteiger partial charge >= 0.3 is 6.18 Å². The zero-order chi connectivity index (χ0) is 19.3. The SMILES string of the molecule is CCCC(NC(=O)c1csc(NC(C)=O)n1)c1cccc(C(F)(F)F)c1. The van der Waals surface area contributed by atoms with E-state index in [9.17, 15) is 22.8 Å². The number of carbonyl (C=O) groups is 2. The highest BCUT2D eigenvalue weighted by Crippen LogP contribution is 2.31. The van der Waals surface area contributed by atoms with Crippen LogP contribution in [0.4, 0.5) is 18.3 Å². The summed E-state index contributed by atoms with van der Waals surface area (Å²) in [5.41, 5.74) is -0.272. The molecule has 2 rings (SSSR count).